The van der Waals surface area contributed by atoms with Gasteiger partial charge < -0.3 is 10.3 Å². The van der Waals surface area contributed by atoms with Gasteiger partial charge in [0, 0.05) is 6.07 Å². The second kappa shape index (κ2) is 3.15. The van der Waals surface area contributed by atoms with Gasteiger partial charge in [-0.05, 0) is 25.9 Å². The Bertz CT molecular complexity index is 253. The van der Waals surface area contributed by atoms with Crippen molar-refractivity contribution >= 4 is 5.82 Å². The summed E-state index contributed by atoms with van der Waals surface area (Å²) in [6.45, 7) is 3.19. The molecule has 1 aromatic rings. The van der Waals surface area contributed by atoms with Gasteiger partial charge >= 0.3 is 0 Å². The molecule has 0 radical (unpaired) electrons. The normalized spacial score (nSPS) is 18.7. The maximum atomic E-state index is 5.43. The Kier molecular flexibility index (Phi) is 1.99. The van der Waals surface area contributed by atoms with Crippen molar-refractivity contribution in [2.24, 2.45) is 0 Å². The van der Waals surface area contributed by atoms with Crippen LogP contribution in [0, 0.1) is 0 Å². The van der Waals surface area contributed by atoms with E-state index in [1.165, 1.54) is 25.9 Å². The molecular weight excluding hydrogens is 154 g/mol. The number of nitrogens with two attached hydrogens (primary N) is 1. The molecule has 0 bridgehead atoms. The van der Waals surface area contributed by atoms with E-state index < -0.39 is 0 Å². The van der Waals surface area contributed by atoms with E-state index in [9.17, 15) is 0 Å². The first-order chi connectivity index (χ1) is 5.84. The third kappa shape index (κ3) is 1.58. The SMILES string of the molecule is Nc1cc(CN2CCCC2)on1. The van der Waals surface area contributed by atoms with Gasteiger partial charge in [0.15, 0.2) is 11.6 Å². The Labute approximate surface area is 71.3 Å². The quantitative estimate of drug-likeness (QED) is 0.709. The van der Waals surface area contributed by atoms with Crippen LogP contribution in [0.25, 0.3) is 0 Å². The molecule has 1 aliphatic heterocycles. The Hall–Kier alpha value is -1.03. The van der Waals surface area contributed by atoms with Gasteiger partial charge in [-0.25, -0.2) is 0 Å². The molecule has 1 aliphatic rings. The highest BCUT2D eigenvalue weighted by molar-refractivity contribution is 5.26. The van der Waals surface area contributed by atoms with E-state index in [0.29, 0.717) is 5.82 Å². The molecule has 12 heavy (non-hydrogen) atoms. The highest BCUT2D eigenvalue weighted by atomic mass is 16.5. The Morgan fingerprint density at radius 1 is 1.50 bits per heavy atom. The summed E-state index contributed by atoms with van der Waals surface area (Å²) in [5.41, 5.74) is 5.43. The number of nitrogen functional groups attached to an aromatic ring is 1. The van der Waals surface area contributed by atoms with Crippen molar-refractivity contribution in [2.75, 3.05) is 18.8 Å². The van der Waals surface area contributed by atoms with Crippen LogP contribution in [0.1, 0.15) is 18.6 Å². The Morgan fingerprint density at radius 3 is 2.83 bits per heavy atom. The van der Waals surface area contributed by atoms with E-state index >= 15 is 0 Å². The Balaban J connectivity index is 1.94. The summed E-state index contributed by atoms with van der Waals surface area (Å²) in [6.07, 6.45) is 2.59. The van der Waals surface area contributed by atoms with Crippen molar-refractivity contribution in [1.29, 1.82) is 0 Å². The van der Waals surface area contributed by atoms with Gasteiger partial charge in [0.25, 0.3) is 0 Å². The lowest BCUT2D eigenvalue weighted by molar-refractivity contribution is 0.274. The van der Waals surface area contributed by atoms with Crippen molar-refractivity contribution in [3.05, 3.63) is 11.8 Å². The van der Waals surface area contributed by atoms with Crippen LogP contribution in [0.4, 0.5) is 5.82 Å². The molecule has 4 heteroatoms. The molecule has 1 aromatic heterocycles. The van der Waals surface area contributed by atoms with Gasteiger partial charge in [-0.2, -0.15) is 0 Å². The summed E-state index contributed by atoms with van der Waals surface area (Å²) < 4.78 is 5.01. The van der Waals surface area contributed by atoms with Crippen molar-refractivity contribution in [2.45, 2.75) is 19.4 Å². The number of hydrogen-bond donors (Lipinski definition) is 1. The average Bonchev–Trinajstić information content (AvgIpc) is 2.63. The van der Waals surface area contributed by atoms with Crippen LogP contribution in [0.2, 0.25) is 0 Å². The number of aromatic nitrogens is 1. The number of anilines is 1. The van der Waals surface area contributed by atoms with Gasteiger partial charge in [-0.15, -0.1) is 0 Å². The lowest BCUT2D eigenvalue weighted by Gasteiger charge is -2.10. The molecular formula is C8H13N3O. The summed E-state index contributed by atoms with van der Waals surface area (Å²) >= 11 is 0. The molecule has 1 saturated heterocycles. The minimum Gasteiger partial charge on any atom is -0.381 e. The monoisotopic (exact) mass is 167 g/mol. The van der Waals surface area contributed by atoms with Crippen LogP contribution in [-0.2, 0) is 6.54 Å². The molecule has 2 N–H and O–H groups in total. The lowest BCUT2D eigenvalue weighted by atomic mass is 10.4. The molecule has 0 aromatic carbocycles. The minimum absolute atomic E-state index is 0.476. The van der Waals surface area contributed by atoms with E-state index in [-0.39, 0.29) is 0 Å². The molecule has 0 saturated carbocycles. The predicted molar refractivity (Wildman–Crippen MR) is 45.4 cm³/mol. The second-order valence-electron chi connectivity index (χ2n) is 3.20. The fraction of sp³-hybridized carbons (Fsp3) is 0.625. The average molecular weight is 167 g/mol. The smallest absolute Gasteiger partial charge is 0.167 e. The topological polar surface area (TPSA) is 55.3 Å². The lowest BCUT2D eigenvalue weighted by Crippen LogP contribution is -2.17. The van der Waals surface area contributed by atoms with E-state index in [1.54, 1.807) is 6.07 Å². The summed E-state index contributed by atoms with van der Waals surface area (Å²) in [7, 11) is 0. The highest BCUT2D eigenvalue weighted by Gasteiger charge is 2.13. The summed E-state index contributed by atoms with van der Waals surface area (Å²) in [6, 6.07) is 1.79. The van der Waals surface area contributed by atoms with Crippen LogP contribution in [0.15, 0.2) is 10.6 Å². The van der Waals surface area contributed by atoms with Crippen LogP contribution in [0.5, 0.6) is 0 Å². The van der Waals surface area contributed by atoms with Gasteiger partial charge in [-0.1, -0.05) is 5.16 Å². The number of nitrogens with zero attached hydrogens (tertiary/aromatic N) is 2. The molecule has 0 spiro atoms. The first kappa shape index (κ1) is 7.61. The fourth-order valence-corrected chi connectivity index (χ4v) is 1.56. The molecule has 0 amide bonds. The third-order valence-corrected chi connectivity index (χ3v) is 2.16. The standard InChI is InChI=1S/C8H13N3O/c9-8-5-7(12-10-8)6-11-3-1-2-4-11/h5H,1-4,6H2,(H2,9,10). The first-order valence-electron chi connectivity index (χ1n) is 4.28. The van der Waals surface area contributed by atoms with Crippen LogP contribution in [-0.4, -0.2) is 23.1 Å². The van der Waals surface area contributed by atoms with Gasteiger partial charge in [-0.3, -0.25) is 4.90 Å². The second-order valence-corrected chi connectivity index (χ2v) is 3.20. The molecule has 2 heterocycles. The van der Waals surface area contributed by atoms with Gasteiger partial charge in [0.2, 0.25) is 0 Å². The zero-order chi connectivity index (χ0) is 8.39. The zero-order valence-corrected chi connectivity index (χ0v) is 6.99. The molecule has 66 valence electrons. The van der Waals surface area contributed by atoms with Crippen molar-refractivity contribution in [3.63, 3.8) is 0 Å². The number of hydrogen-bond acceptors (Lipinski definition) is 4. The maximum absolute atomic E-state index is 5.43. The molecule has 2 rings (SSSR count). The van der Waals surface area contributed by atoms with Crippen molar-refractivity contribution < 1.29 is 4.52 Å². The maximum Gasteiger partial charge on any atom is 0.167 e. The molecule has 0 aliphatic carbocycles. The number of rotatable bonds is 2. The zero-order valence-electron chi connectivity index (χ0n) is 6.99. The Morgan fingerprint density at radius 2 is 2.25 bits per heavy atom. The largest absolute Gasteiger partial charge is 0.381 e. The highest BCUT2D eigenvalue weighted by Crippen LogP contribution is 2.13. The minimum atomic E-state index is 0.476. The summed E-state index contributed by atoms with van der Waals surface area (Å²) in [5, 5.41) is 3.63. The van der Waals surface area contributed by atoms with E-state index in [0.717, 1.165) is 12.3 Å². The van der Waals surface area contributed by atoms with Crippen LogP contribution < -0.4 is 5.73 Å². The molecule has 1 fully saturated rings. The summed E-state index contributed by atoms with van der Waals surface area (Å²) in [4.78, 5) is 2.35. The predicted octanol–water partition coefficient (Wildman–Crippen LogP) is 0.853. The van der Waals surface area contributed by atoms with E-state index in [2.05, 4.69) is 10.1 Å². The van der Waals surface area contributed by atoms with E-state index in [4.69, 9.17) is 10.3 Å². The molecule has 0 unspecified atom stereocenters. The van der Waals surface area contributed by atoms with Crippen molar-refractivity contribution in [1.82, 2.24) is 10.1 Å². The molecule has 0 atom stereocenters. The fourth-order valence-electron chi connectivity index (χ4n) is 1.56. The third-order valence-electron chi connectivity index (χ3n) is 2.16. The number of likely N-dealkylation sites (tertiary alicyclic amines) is 1. The van der Waals surface area contributed by atoms with Gasteiger partial charge in [0.1, 0.15) is 0 Å². The first-order valence-corrected chi connectivity index (χ1v) is 4.28. The van der Waals surface area contributed by atoms with Crippen LogP contribution in [0.3, 0.4) is 0 Å². The summed E-state index contributed by atoms with van der Waals surface area (Å²) in [5.74, 6) is 1.35. The van der Waals surface area contributed by atoms with E-state index in [1.807, 2.05) is 0 Å². The van der Waals surface area contributed by atoms with Crippen molar-refractivity contribution in [3.8, 4) is 0 Å². The van der Waals surface area contributed by atoms with Crippen LogP contribution >= 0.6 is 0 Å². The molecule has 4 nitrogen and oxygen atoms in total. The van der Waals surface area contributed by atoms with Gasteiger partial charge in [0.05, 0.1) is 6.54 Å².